The molecule has 0 radical (unpaired) electrons. The Morgan fingerprint density at radius 2 is 1.83 bits per heavy atom. The number of non-ortho nitro benzene ring substituents is 1. The van der Waals surface area contributed by atoms with Crippen LogP contribution >= 0.6 is 0 Å². The third-order valence-corrected chi connectivity index (χ3v) is 5.98. The summed E-state index contributed by atoms with van der Waals surface area (Å²) >= 11 is 0. The molecule has 4 aliphatic rings. The maximum absolute atomic E-state index is 12.7. The number of nitro groups is 1. The van der Waals surface area contributed by atoms with Crippen molar-refractivity contribution in [3.8, 4) is 0 Å². The first-order valence-corrected chi connectivity index (χ1v) is 8.62. The lowest BCUT2D eigenvalue weighted by atomic mass is 9.49. The standard InChI is InChI=1S/C18H21N3O3/c22-17(18-8-13-4-14(9-18)6-15(5-13)10-18)20-19-11-12-2-1-3-16(7-12)21(23)24/h1-3,7,11,13-15H,4-6,8-10H2,(H,20,22)/b19-11+. The topological polar surface area (TPSA) is 84.6 Å². The van der Waals surface area contributed by atoms with Crippen LogP contribution in [0.15, 0.2) is 29.4 Å². The normalized spacial score (nSPS) is 33.8. The van der Waals surface area contributed by atoms with Crippen LogP contribution in [0.1, 0.15) is 44.1 Å². The third kappa shape index (κ3) is 2.70. The van der Waals surface area contributed by atoms with E-state index < -0.39 is 4.92 Å². The zero-order valence-electron chi connectivity index (χ0n) is 13.5. The molecule has 6 nitrogen and oxygen atoms in total. The van der Waals surface area contributed by atoms with Crippen LogP contribution in [-0.2, 0) is 4.79 Å². The number of hydrogen-bond acceptors (Lipinski definition) is 4. The zero-order chi connectivity index (χ0) is 16.7. The first-order chi connectivity index (χ1) is 11.5. The van der Waals surface area contributed by atoms with Crippen molar-refractivity contribution in [2.75, 3.05) is 0 Å². The molecule has 1 aromatic carbocycles. The molecule has 1 N–H and O–H groups in total. The Bertz CT molecular complexity index is 678. The molecule has 0 unspecified atom stereocenters. The fourth-order valence-corrected chi connectivity index (χ4v) is 5.39. The number of carbonyl (C=O) groups excluding carboxylic acids is 1. The van der Waals surface area contributed by atoms with Crippen LogP contribution < -0.4 is 5.43 Å². The van der Waals surface area contributed by atoms with Gasteiger partial charge in [0.1, 0.15) is 0 Å². The van der Waals surface area contributed by atoms with Crippen molar-refractivity contribution in [3.63, 3.8) is 0 Å². The Labute approximate surface area is 140 Å². The van der Waals surface area contributed by atoms with Crippen molar-refractivity contribution in [3.05, 3.63) is 39.9 Å². The van der Waals surface area contributed by atoms with Gasteiger partial charge in [0.2, 0.25) is 5.91 Å². The molecule has 126 valence electrons. The summed E-state index contributed by atoms with van der Waals surface area (Å²) in [5.41, 5.74) is 3.10. The van der Waals surface area contributed by atoms with Gasteiger partial charge in [0.15, 0.2) is 0 Å². The van der Waals surface area contributed by atoms with E-state index in [9.17, 15) is 14.9 Å². The first kappa shape index (κ1) is 15.3. The minimum absolute atomic E-state index is 0.0198. The molecule has 4 fully saturated rings. The fourth-order valence-electron chi connectivity index (χ4n) is 5.39. The van der Waals surface area contributed by atoms with Crippen LogP contribution in [0.5, 0.6) is 0 Å². The number of hydrazone groups is 1. The molecule has 0 atom stereocenters. The number of rotatable bonds is 4. The van der Waals surface area contributed by atoms with Gasteiger partial charge in [-0.2, -0.15) is 5.10 Å². The van der Waals surface area contributed by atoms with Crippen molar-refractivity contribution in [2.45, 2.75) is 38.5 Å². The maximum Gasteiger partial charge on any atom is 0.270 e. The molecule has 6 heteroatoms. The average molecular weight is 327 g/mol. The Morgan fingerprint density at radius 1 is 1.21 bits per heavy atom. The zero-order valence-corrected chi connectivity index (χ0v) is 13.5. The molecule has 0 spiro atoms. The van der Waals surface area contributed by atoms with Crippen LogP contribution in [0.3, 0.4) is 0 Å². The molecule has 0 aromatic heterocycles. The van der Waals surface area contributed by atoms with Crippen molar-refractivity contribution in [2.24, 2.45) is 28.3 Å². The number of benzene rings is 1. The van der Waals surface area contributed by atoms with Crippen LogP contribution in [-0.4, -0.2) is 17.0 Å². The summed E-state index contributed by atoms with van der Waals surface area (Å²) in [6.45, 7) is 0. The number of hydrogen-bond donors (Lipinski definition) is 1. The smallest absolute Gasteiger partial charge is 0.270 e. The molecule has 4 bridgehead atoms. The van der Waals surface area contributed by atoms with Gasteiger partial charge in [0, 0.05) is 17.7 Å². The van der Waals surface area contributed by atoms with E-state index in [4.69, 9.17) is 0 Å². The summed E-state index contributed by atoms with van der Waals surface area (Å²) < 4.78 is 0. The highest BCUT2D eigenvalue weighted by Gasteiger charge is 2.54. The van der Waals surface area contributed by atoms with Gasteiger partial charge in [-0.25, -0.2) is 5.43 Å². The monoisotopic (exact) mass is 327 g/mol. The van der Waals surface area contributed by atoms with Crippen LogP contribution in [0, 0.1) is 33.3 Å². The molecule has 0 heterocycles. The van der Waals surface area contributed by atoms with E-state index in [1.54, 1.807) is 12.1 Å². The van der Waals surface area contributed by atoms with Crippen LogP contribution in [0.25, 0.3) is 0 Å². The molecule has 0 aliphatic heterocycles. The maximum atomic E-state index is 12.7. The molecule has 4 saturated carbocycles. The molecule has 0 saturated heterocycles. The van der Waals surface area contributed by atoms with Gasteiger partial charge in [0.05, 0.1) is 16.6 Å². The predicted octanol–water partition coefficient (Wildman–Crippen LogP) is 3.26. The second-order valence-electron chi connectivity index (χ2n) is 7.75. The van der Waals surface area contributed by atoms with Gasteiger partial charge >= 0.3 is 0 Å². The minimum Gasteiger partial charge on any atom is -0.273 e. The molecule has 24 heavy (non-hydrogen) atoms. The van der Waals surface area contributed by atoms with E-state index in [2.05, 4.69) is 10.5 Å². The summed E-state index contributed by atoms with van der Waals surface area (Å²) in [4.78, 5) is 23.1. The van der Waals surface area contributed by atoms with E-state index in [0.29, 0.717) is 23.3 Å². The van der Waals surface area contributed by atoms with Crippen LogP contribution in [0.4, 0.5) is 5.69 Å². The highest BCUT2D eigenvalue weighted by molar-refractivity contribution is 5.86. The van der Waals surface area contributed by atoms with Gasteiger partial charge in [0.25, 0.3) is 5.69 Å². The second-order valence-corrected chi connectivity index (χ2v) is 7.75. The summed E-state index contributed by atoms with van der Waals surface area (Å²) in [5, 5.41) is 14.8. The summed E-state index contributed by atoms with van der Waals surface area (Å²) in [5.74, 6) is 2.16. The van der Waals surface area contributed by atoms with Gasteiger partial charge in [-0.05, 0) is 56.3 Å². The van der Waals surface area contributed by atoms with Crippen molar-refractivity contribution < 1.29 is 9.72 Å². The predicted molar refractivity (Wildman–Crippen MR) is 89.4 cm³/mol. The molecule has 1 aromatic rings. The Morgan fingerprint density at radius 3 is 2.42 bits per heavy atom. The van der Waals surface area contributed by atoms with E-state index in [1.807, 2.05) is 0 Å². The van der Waals surface area contributed by atoms with Gasteiger partial charge in [-0.3, -0.25) is 14.9 Å². The lowest BCUT2D eigenvalue weighted by Gasteiger charge is -2.55. The van der Waals surface area contributed by atoms with Crippen molar-refractivity contribution in [1.82, 2.24) is 5.43 Å². The highest BCUT2D eigenvalue weighted by Crippen LogP contribution is 2.60. The Hall–Kier alpha value is -2.24. The van der Waals surface area contributed by atoms with Crippen molar-refractivity contribution >= 4 is 17.8 Å². The third-order valence-electron chi connectivity index (χ3n) is 5.98. The minimum atomic E-state index is -0.439. The largest absolute Gasteiger partial charge is 0.273 e. The molecular formula is C18H21N3O3. The lowest BCUT2D eigenvalue weighted by Crippen LogP contribution is -2.52. The summed E-state index contributed by atoms with van der Waals surface area (Å²) in [6.07, 6.45) is 8.35. The van der Waals surface area contributed by atoms with Crippen molar-refractivity contribution in [1.29, 1.82) is 0 Å². The van der Waals surface area contributed by atoms with Crippen LogP contribution in [0.2, 0.25) is 0 Å². The quantitative estimate of drug-likeness (QED) is 0.523. The number of nitrogens with zero attached hydrogens (tertiary/aromatic N) is 2. The van der Waals surface area contributed by atoms with E-state index in [1.165, 1.54) is 37.6 Å². The SMILES string of the molecule is O=C(N/N=C/c1cccc([N+](=O)[O-])c1)C12CC3CC(CC(C3)C1)C2. The molecule has 4 aliphatic carbocycles. The number of nitro benzene ring substituents is 1. The molecular weight excluding hydrogens is 306 g/mol. The summed E-state index contributed by atoms with van der Waals surface area (Å²) in [7, 11) is 0. The lowest BCUT2D eigenvalue weighted by molar-refractivity contribution is -0.384. The Kier molecular flexibility index (Phi) is 3.62. The van der Waals surface area contributed by atoms with Gasteiger partial charge in [-0.15, -0.1) is 0 Å². The second kappa shape index (κ2) is 5.69. The first-order valence-electron chi connectivity index (χ1n) is 8.62. The van der Waals surface area contributed by atoms with E-state index in [0.717, 1.165) is 19.3 Å². The summed E-state index contributed by atoms with van der Waals surface area (Å²) in [6, 6.07) is 6.22. The van der Waals surface area contributed by atoms with Gasteiger partial charge in [-0.1, -0.05) is 12.1 Å². The van der Waals surface area contributed by atoms with E-state index in [-0.39, 0.29) is 17.0 Å². The molecule has 1 amide bonds. The number of amides is 1. The van der Waals surface area contributed by atoms with Gasteiger partial charge < -0.3 is 0 Å². The highest BCUT2D eigenvalue weighted by atomic mass is 16.6. The number of carbonyl (C=O) groups is 1. The number of nitrogens with one attached hydrogen (secondary N) is 1. The van der Waals surface area contributed by atoms with E-state index >= 15 is 0 Å². The molecule has 5 rings (SSSR count). The Balaban J connectivity index is 1.43. The fraction of sp³-hybridized carbons (Fsp3) is 0.556. The average Bonchev–Trinajstić information content (AvgIpc) is 2.53.